The minimum absolute atomic E-state index is 0.230. The van der Waals surface area contributed by atoms with E-state index < -0.39 is 49.5 Å². The number of sulfonamides is 1. The van der Waals surface area contributed by atoms with E-state index in [4.69, 9.17) is 5.11 Å². The minimum atomic E-state index is -4.56. The fraction of sp³-hybridized carbons (Fsp3) is 0.133. The van der Waals surface area contributed by atoms with Gasteiger partial charge in [-0.15, -0.1) is 0 Å². The van der Waals surface area contributed by atoms with E-state index in [2.05, 4.69) is 15.9 Å². The van der Waals surface area contributed by atoms with Crippen LogP contribution in [0.4, 0.5) is 15.8 Å². The summed E-state index contributed by atoms with van der Waals surface area (Å²) in [6.07, 6.45) is 0. The van der Waals surface area contributed by atoms with E-state index in [1.165, 1.54) is 19.1 Å². The molecule has 2 aromatic carbocycles. The van der Waals surface area contributed by atoms with Crippen LogP contribution >= 0.6 is 15.9 Å². The predicted molar refractivity (Wildman–Crippen MR) is 94.1 cm³/mol. The molecule has 138 valence electrons. The fourth-order valence-electron chi connectivity index (χ4n) is 2.18. The van der Waals surface area contributed by atoms with Gasteiger partial charge in [0, 0.05) is 16.1 Å². The molecular weight excluding hydrogens is 435 g/mol. The summed E-state index contributed by atoms with van der Waals surface area (Å²) in [4.78, 5) is 20.9. The number of nitrogens with zero attached hydrogens (tertiary/aromatic N) is 2. The number of aryl methyl sites for hydroxylation is 1. The Morgan fingerprint density at radius 2 is 1.96 bits per heavy atom. The molecule has 0 fully saturated rings. The average Bonchev–Trinajstić information content (AvgIpc) is 2.52. The first-order valence-corrected chi connectivity index (χ1v) is 9.22. The number of carbonyl (C=O) groups is 1. The normalized spacial score (nSPS) is 11.2. The molecule has 0 saturated heterocycles. The number of hydrogen-bond acceptors (Lipinski definition) is 5. The lowest BCUT2D eigenvalue weighted by molar-refractivity contribution is -0.385. The van der Waals surface area contributed by atoms with Crippen molar-refractivity contribution in [1.82, 2.24) is 0 Å². The molecule has 8 nitrogen and oxygen atoms in total. The highest BCUT2D eigenvalue weighted by Gasteiger charge is 2.30. The van der Waals surface area contributed by atoms with Crippen LogP contribution < -0.4 is 4.31 Å². The number of halogens is 2. The first kappa shape index (κ1) is 19.8. The second-order valence-corrected chi connectivity index (χ2v) is 7.98. The van der Waals surface area contributed by atoms with Crippen LogP contribution in [0.2, 0.25) is 0 Å². The van der Waals surface area contributed by atoms with Crippen LogP contribution in [0.5, 0.6) is 0 Å². The Kier molecular flexibility index (Phi) is 5.62. The Balaban J connectivity index is 2.65. The molecule has 0 aliphatic rings. The summed E-state index contributed by atoms with van der Waals surface area (Å²) < 4.78 is 40.6. The lowest BCUT2D eigenvalue weighted by Gasteiger charge is -2.23. The summed E-state index contributed by atoms with van der Waals surface area (Å²) >= 11 is 3.03. The fourth-order valence-corrected chi connectivity index (χ4v) is 3.96. The Morgan fingerprint density at radius 3 is 2.50 bits per heavy atom. The van der Waals surface area contributed by atoms with Gasteiger partial charge < -0.3 is 5.11 Å². The monoisotopic (exact) mass is 446 g/mol. The summed E-state index contributed by atoms with van der Waals surface area (Å²) in [5.41, 5.74) is -0.704. The number of carboxylic acids is 1. The molecule has 1 N–H and O–H groups in total. The molecule has 0 aromatic heterocycles. The Morgan fingerprint density at radius 1 is 1.31 bits per heavy atom. The Hall–Kier alpha value is -2.53. The van der Waals surface area contributed by atoms with Gasteiger partial charge in [0.05, 0.1) is 15.5 Å². The molecule has 0 spiro atoms. The molecule has 0 amide bonds. The highest BCUT2D eigenvalue weighted by Crippen LogP contribution is 2.30. The van der Waals surface area contributed by atoms with Crippen molar-refractivity contribution in [2.75, 3.05) is 10.8 Å². The third-order valence-electron chi connectivity index (χ3n) is 3.42. The number of benzene rings is 2. The molecule has 26 heavy (non-hydrogen) atoms. The van der Waals surface area contributed by atoms with Gasteiger partial charge in [0.25, 0.3) is 15.7 Å². The highest BCUT2D eigenvalue weighted by molar-refractivity contribution is 9.10. The number of aliphatic carboxylic acids is 1. The second kappa shape index (κ2) is 7.38. The molecule has 2 rings (SSSR count). The molecule has 0 heterocycles. The van der Waals surface area contributed by atoms with Gasteiger partial charge in [0.15, 0.2) is 0 Å². The van der Waals surface area contributed by atoms with Gasteiger partial charge >= 0.3 is 5.97 Å². The maximum absolute atomic E-state index is 14.2. The van der Waals surface area contributed by atoms with Crippen LogP contribution in [0.25, 0.3) is 0 Å². The molecule has 0 aliphatic heterocycles. The van der Waals surface area contributed by atoms with Gasteiger partial charge in [-0.05, 0) is 31.2 Å². The molecule has 0 atom stereocenters. The van der Waals surface area contributed by atoms with Crippen LogP contribution in [0.15, 0.2) is 45.8 Å². The van der Waals surface area contributed by atoms with Crippen LogP contribution in [0.1, 0.15) is 5.56 Å². The largest absolute Gasteiger partial charge is 0.480 e. The third kappa shape index (κ3) is 3.99. The first-order chi connectivity index (χ1) is 12.0. The zero-order valence-electron chi connectivity index (χ0n) is 13.2. The molecular formula is C15H12BrFN2O6S. The van der Waals surface area contributed by atoms with Crippen molar-refractivity contribution < 1.29 is 27.6 Å². The summed E-state index contributed by atoms with van der Waals surface area (Å²) in [6.45, 7) is 0.375. The number of rotatable bonds is 6. The Labute approximate surface area is 156 Å². The van der Waals surface area contributed by atoms with E-state index in [1.807, 2.05) is 0 Å². The lowest BCUT2D eigenvalue weighted by atomic mass is 10.2. The van der Waals surface area contributed by atoms with E-state index in [9.17, 15) is 27.7 Å². The summed E-state index contributed by atoms with van der Waals surface area (Å²) in [5, 5.41) is 20.1. The van der Waals surface area contributed by atoms with Crippen molar-refractivity contribution >= 4 is 43.3 Å². The topological polar surface area (TPSA) is 118 Å². The Bertz CT molecular complexity index is 996. The zero-order valence-corrected chi connectivity index (χ0v) is 15.6. The minimum Gasteiger partial charge on any atom is -0.480 e. The summed E-state index contributed by atoms with van der Waals surface area (Å²) in [7, 11) is -4.56. The van der Waals surface area contributed by atoms with Crippen LogP contribution in [0.3, 0.4) is 0 Å². The van der Waals surface area contributed by atoms with Crippen molar-refractivity contribution in [2.45, 2.75) is 11.8 Å². The molecule has 0 bridgehead atoms. The molecule has 2 aromatic rings. The van der Waals surface area contributed by atoms with E-state index in [0.717, 1.165) is 24.3 Å². The van der Waals surface area contributed by atoms with Gasteiger partial charge in [0.2, 0.25) is 0 Å². The van der Waals surface area contributed by atoms with E-state index in [0.29, 0.717) is 8.78 Å². The van der Waals surface area contributed by atoms with E-state index >= 15 is 0 Å². The van der Waals surface area contributed by atoms with Crippen molar-refractivity contribution in [3.05, 3.63) is 62.4 Å². The molecule has 11 heteroatoms. The maximum atomic E-state index is 14.2. The standard InChI is InChI=1S/C15H12BrFN2O6S/c1-9-2-4-11(7-14(9)19(22)23)26(24,25)18(8-15(20)21)13-5-3-10(16)6-12(13)17/h2-7H,8H2,1H3,(H,20,21). The third-order valence-corrected chi connectivity index (χ3v) is 5.67. The van der Waals surface area contributed by atoms with Crippen LogP contribution in [-0.4, -0.2) is 31.0 Å². The SMILES string of the molecule is Cc1ccc(S(=O)(=O)N(CC(=O)O)c2ccc(Br)cc2F)cc1[N+](=O)[O-]. The molecule has 0 saturated carbocycles. The smallest absolute Gasteiger partial charge is 0.324 e. The van der Waals surface area contributed by atoms with Gasteiger partial charge in [-0.2, -0.15) is 0 Å². The predicted octanol–water partition coefficient (Wildman–Crippen LogP) is 3.08. The maximum Gasteiger partial charge on any atom is 0.324 e. The van der Waals surface area contributed by atoms with Gasteiger partial charge in [-0.3, -0.25) is 19.2 Å². The van der Waals surface area contributed by atoms with E-state index in [1.54, 1.807) is 0 Å². The average molecular weight is 447 g/mol. The molecule has 0 aliphatic carbocycles. The number of nitro groups is 1. The van der Waals surface area contributed by atoms with Crippen molar-refractivity contribution in [1.29, 1.82) is 0 Å². The van der Waals surface area contributed by atoms with Crippen LogP contribution in [0, 0.1) is 22.9 Å². The van der Waals surface area contributed by atoms with Crippen molar-refractivity contribution in [2.24, 2.45) is 0 Å². The number of anilines is 1. The van der Waals surface area contributed by atoms with Crippen molar-refractivity contribution in [3.8, 4) is 0 Å². The molecule has 0 unspecified atom stereocenters. The second-order valence-electron chi connectivity index (χ2n) is 5.21. The summed E-state index contributed by atoms with van der Waals surface area (Å²) in [5.74, 6) is -2.48. The number of hydrogen-bond donors (Lipinski definition) is 1. The summed E-state index contributed by atoms with van der Waals surface area (Å²) in [6, 6.07) is 6.57. The van der Waals surface area contributed by atoms with Crippen molar-refractivity contribution in [3.63, 3.8) is 0 Å². The van der Waals surface area contributed by atoms with Gasteiger partial charge in [-0.1, -0.05) is 22.0 Å². The first-order valence-electron chi connectivity index (χ1n) is 6.98. The highest BCUT2D eigenvalue weighted by atomic mass is 79.9. The number of carboxylic acid groups (broad SMARTS) is 1. The number of nitro benzene ring substituents is 1. The zero-order chi connectivity index (χ0) is 19.6. The van der Waals surface area contributed by atoms with Gasteiger partial charge in [-0.25, -0.2) is 12.8 Å². The van der Waals surface area contributed by atoms with Crippen LogP contribution in [-0.2, 0) is 14.8 Å². The molecule has 0 radical (unpaired) electrons. The quantitative estimate of drug-likeness (QED) is 0.537. The lowest BCUT2D eigenvalue weighted by Crippen LogP contribution is -2.36. The van der Waals surface area contributed by atoms with Gasteiger partial charge in [0.1, 0.15) is 12.4 Å². The van der Waals surface area contributed by atoms with E-state index in [-0.39, 0.29) is 5.56 Å².